The van der Waals surface area contributed by atoms with Gasteiger partial charge in [-0.05, 0) is 31.0 Å². The Morgan fingerprint density at radius 3 is 2.58 bits per heavy atom. The number of anilines is 1. The van der Waals surface area contributed by atoms with E-state index >= 15 is 0 Å². The predicted octanol–water partition coefficient (Wildman–Crippen LogP) is 1.90. The smallest absolute Gasteiger partial charge is 0.278 e. The van der Waals surface area contributed by atoms with E-state index in [1.165, 1.54) is 23.5 Å². The van der Waals surface area contributed by atoms with E-state index in [4.69, 9.17) is 9.84 Å². The molecule has 3 heterocycles. The number of nitrogens with one attached hydrogen (secondary N) is 1. The number of rotatable bonds is 8. The van der Waals surface area contributed by atoms with Crippen LogP contribution < -0.4 is 10.1 Å². The minimum atomic E-state index is -3.35. The normalized spacial score (nSPS) is 14.6. The predicted molar refractivity (Wildman–Crippen MR) is 126 cm³/mol. The number of aromatic nitrogens is 2. The van der Waals surface area contributed by atoms with Crippen molar-refractivity contribution in [2.45, 2.75) is 17.7 Å². The van der Waals surface area contributed by atoms with Crippen molar-refractivity contribution in [3.63, 3.8) is 0 Å². The van der Waals surface area contributed by atoms with Crippen molar-refractivity contribution in [3.8, 4) is 5.88 Å². The van der Waals surface area contributed by atoms with Crippen molar-refractivity contribution in [1.82, 2.24) is 15.0 Å². The van der Waals surface area contributed by atoms with E-state index in [0.29, 0.717) is 26.9 Å². The Hall–Kier alpha value is -3.09. The van der Waals surface area contributed by atoms with Gasteiger partial charge in [0.25, 0.3) is 5.91 Å². The number of sulfone groups is 1. The van der Waals surface area contributed by atoms with Crippen LogP contribution in [0.2, 0.25) is 0 Å². The van der Waals surface area contributed by atoms with Crippen LogP contribution in [0, 0.1) is 0 Å². The molecule has 0 bridgehead atoms. The number of pyridine rings is 1. The summed E-state index contributed by atoms with van der Waals surface area (Å²) in [5.74, 6) is -0.0925. The number of aliphatic hydroxyl groups excluding tert-OH is 1. The number of thiazole rings is 1. The highest BCUT2D eigenvalue weighted by molar-refractivity contribution is 7.90. The van der Waals surface area contributed by atoms with E-state index in [-0.39, 0.29) is 23.8 Å². The van der Waals surface area contributed by atoms with Crippen LogP contribution in [0.4, 0.5) is 5.13 Å². The van der Waals surface area contributed by atoms with Crippen LogP contribution in [0.3, 0.4) is 0 Å². The van der Waals surface area contributed by atoms with E-state index in [1.54, 1.807) is 24.3 Å². The highest BCUT2D eigenvalue weighted by Gasteiger charge is 2.21. The van der Waals surface area contributed by atoms with Crippen molar-refractivity contribution in [2.75, 3.05) is 37.9 Å². The molecule has 2 N–H and O–H groups in total. The zero-order valence-electron chi connectivity index (χ0n) is 17.9. The van der Waals surface area contributed by atoms with E-state index < -0.39 is 15.7 Å². The van der Waals surface area contributed by atoms with Gasteiger partial charge in [-0.15, -0.1) is 0 Å². The van der Waals surface area contributed by atoms with Gasteiger partial charge in [0.15, 0.2) is 20.7 Å². The molecule has 1 fully saturated rings. The molecule has 1 aliphatic heterocycles. The lowest BCUT2D eigenvalue weighted by Crippen LogP contribution is -2.27. The lowest BCUT2D eigenvalue weighted by Gasteiger charge is -2.14. The second kappa shape index (κ2) is 9.81. The average Bonchev–Trinajstić information content (AvgIpc) is 3.44. The Labute approximate surface area is 194 Å². The van der Waals surface area contributed by atoms with Gasteiger partial charge in [-0.2, -0.15) is 5.10 Å². The standard InChI is InChI=1S/C21H23N5O5S2/c1-33(29,30)15-6-4-14(5-7-15)18(25-26-10-2-3-11-26)19(28)24-21-22-16-8-9-17(31-13-12-27)23-20(16)32-21/h4-9,27H,2-3,10-13H2,1H3,(H,22,24,28)/b25-18+. The van der Waals surface area contributed by atoms with Crippen LogP contribution >= 0.6 is 11.3 Å². The maximum atomic E-state index is 13.2. The van der Waals surface area contributed by atoms with Gasteiger partial charge in [0.1, 0.15) is 17.0 Å². The second-order valence-electron chi connectivity index (χ2n) is 7.42. The number of amides is 1. The first-order valence-corrected chi connectivity index (χ1v) is 13.0. The van der Waals surface area contributed by atoms with Gasteiger partial charge in [0, 0.05) is 31.0 Å². The molecule has 2 aromatic heterocycles. The molecule has 0 unspecified atom stereocenters. The van der Waals surface area contributed by atoms with Gasteiger partial charge in [-0.3, -0.25) is 15.1 Å². The molecule has 1 aromatic carbocycles. The summed E-state index contributed by atoms with van der Waals surface area (Å²) in [5.41, 5.74) is 1.28. The van der Waals surface area contributed by atoms with Crippen LogP contribution in [0.15, 0.2) is 46.4 Å². The van der Waals surface area contributed by atoms with Crippen molar-refractivity contribution in [1.29, 1.82) is 0 Å². The highest BCUT2D eigenvalue weighted by Crippen LogP contribution is 2.26. The number of carbonyl (C=O) groups is 1. The first kappa shape index (κ1) is 23.1. The van der Waals surface area contributed by atoms with Gasteiger partial charge in [0.05, 0.1) is 11.5 Å². The van der Waals surface area contributed by atoms with Crippen molar-refractivity contribution in [3.05, 3.63) is 42.0 Å². The average molecular weight is 490 g/mol. The van der Waals surface area contributed by atoms with Gasteiger partial charge >= 0.3 is 0 Å². The first-order chi connectivity index (χ1) is 15.8. The van der Waals surface area contributed by atoms with Crippen LogP contribution in [-0.2, 0) is 14.6 Å². The molecular formula is C21H23N5O5S2. The lowest BCUT2D eigenvalue weighted by atomic mass is 10.1. The quantitative estimate of drug-likeness (QED) is 0.458. The summed E-state index contributed by atoms with van der Waals surface area (Å²) in [6, 6.07) is 9.46. The Kier molecular flexibility index (Phi) is 6.86. The number of aliphatic hydroxyl groups is 1. The minimum absolute atomic E-state index is 0.117. The molecule has 12 heteroatoms. The molecule has 1 saturated heterocycles. The van der Waals surface area contributed by atoms with Crippen LogP contribution in [0.1, 0.15) is 18.4 Å². The maximum Gasteiger partial charge on any atom is 0.278 e. The first-order valence-electron chi connectivity index (χ1n) is 10.3. The largest absolute Gasteiger partial charge is 0.475 e. The number of hydrogen-bond acceptors (Lipinski definition) is 10. The Morgan fingerprint density at radius 2 is 1.91 bits per heavy atom. The fourth-order valence-electron chi connectivity index (χ4n) is 3.28. The summed E-state index contributed by atoms with van der Waals surface area (Å²) in [6.45, 7) is 1.52. The number of ether oxygens (including phenoxy) is 1. The third-order valence-corrected chi connectivity index (χ3v) is 6.90. The van der Waals surface area contributed by atoms with E-state index in [9.17, 15) is 13.2 Å². The molecule has 4 rings (SSSR count). The molecule has 0 spiro atoms. The number of hydrazone groups is 1. The highest BCUT2D eigenvalue weighted by atomic mass is 32.2. The van der Waals surface area contributed by atoms with Crippen molar-refractivity contribution in [2.24, 2.45) is 5.10 Å². The van der Waals surface area contributed by atoms with E-state index in [1.807, 2.05) is 5.01 Å². The Balaban J connectivity index is 1.60. The monoisotopic (exact) mass is 489 g/mol. The Bertz CT molecular complexity index is 1280. The summed E-state index contributed by atoms with van der Waals surface area (Å²) in [4.78, 5) is 22.7. The lowest BCUT2D eigenvalue weighted by molar-refractivity contribution is -0.110. The van der Waals surface area contributed by atoms with Crippen molar-refractivity contribution >= 4 is 48.3 Å². The molecule has 0 radical (unpaired) electrons. The summed E-state index contributed by atoms with van der Waals surface area (Å²) < 4.78 is 28.9. The number of carbonyl (C=O) groups excluding carboxylic acids is 1. The molecule has 174 valence electrons. The van der Waals surface area contributed by atoms with E-state index in [2.05, 4.69) is 20.4 Å². The summed E-state index contributed by atoms with van der Waals surface area (Å²) >= 11 is 1.19. The van der Waals surface area contributed by atoms with Gasteiger partial charge in [0.2, 0.25) is 5.88 Å². The van der Waals surface area contributed by atoms with Gasteiger partial charge in [-0.25, -0.2) is 18.4 Å². The van der Waals surface area contributed by atoms with Gasteiger partial charge < -0.3 is 9.84 Å². The van der Waals surface area contributed by atoms with Crippen LogP contribution in [-0.4, -0.2) is 72.7 Å². The topological polar surface area (TPSA) is 134 Å². The van der Waals surface area contributed by atoms with E-state index in [0.717, 1.165) is 32.2 Å². The third kappa shape index (κ3) is 5.64. The minimum Gasteiger partial charge on any atom is -0.475 e. The molecular weight excluding hydrogens is 466 g/mol. The second-order valence-corrected chi connectivity index (χ2v) is 10.4. The number of benzene rings is 1. The zero-order chi connectivity index (χ0) is 23.4. The maximum absolute atomic E-state index is 13.2. The third-order valence-electron chi connectivity index (χ3n) is 4.89. The molecule has 0 aliphatic carbocycles. The SMILES string of the molecule is CS(=O)(=O)c1ccc(/C(=N\N2CCCC2)C(=O)Nc2nc3ccc(OCCO)nc3s2)cc1. The number of nitrogens with zero attached hydrogens (tertiary/aromatic N) is 4. The summed E-state index contributed by atoms with van der Waals surface area (Å²) in [5, 5.41) is 18.4. The zero-order valence-corrected chi connectivity index (χ0v) is 19.5. The molecule has 1 amide bonds. The van der Waals surface area contributed by atoms with Crippen LogP contribution in [0.5, 0.6) is 5.88 Å². The van der Waals surface area contributed by atoms with Crippen molar-refractivity contribution < 1.29 is 23.1 Å². The summed E-state index contributed by atoms with van der Waals surface area (Å²) in [6.07, 6.45) is 3.13. The number of fused-ring (bicyclic) bond motifs is 1. The molecule has 0 saturated carbocycles. The van der Waals surface area contributed by atoms with Crippen LogP contribution in [0.25, 0.3) is 10.3 Å². The molecule has 3 aromatic rings. The van der Waals surface area contributed by atoms with Gasteiger partial charge in [-0.1, -0.05) is 23.5 Å². The number of hydrogen-bond donors (Lipinski definition) is 2. The fourth-order valence-corrected chi connectivity index (χ4v) is 4.73. The fraction of sp³-hybridized carbons (Fsp3) is 0.333. The Morgan fingerprint density at radius 1 is 1.18 bits per heavy atom. The molecule has 0 atom stereocenters. The summed E-state index contributed by atoms with van der Waals surface area (Å²) in [7, 11) is -3.35. The molecule has 1 aliphatic rings. The molecule has 33 heavy (non-hydrogen) atoms. The molecule has 10 nitrogen and oxygen atoms in total.